The first-order chi connectivity index (χ1) is 14.9. The Hall–Kier alpha value is -2.83. The number of benzene rings is 1. The normalized spacial score (nSPS) is 22.1. The molecule has 0 amide bonds. The maximum atomic E-state index is 12.6. The molecule has 0 unspecified atom stereocenters. The third kappa shape index (κ3) is 4.05. The number of carbonyl (C=O) groups is 1. The van der Waals surface area contributed by atoms with Crippen molar-refractivity contribution in [1.82, 2.24) is 0 Å². The van der Waals surface area contributed by atoms with Gasteiger partial charge in [0.1, 0.15) is 11.4 Å². The van der Waals surface area contributed by atoms with Gasteiger partial charge in [-0.05, 0) is 51.3 Å². The lowest BCUT2D eigenvalue weighted by molar-refractivity contribution is -0.148. The van der Waals surface area contributed by atoms with E-state index in [1.165, 1.54) is 11.3 Å². The van der Waals surface area contributed by atoms with Gasteiger partial charge in [-0.15, -0.1) is 0 Å². The second-order valence-electron chi connectivity index (χ2n) is 8.72. The maximum absolute atomic E-state index is 12.6. The molecule has 4 rings (SSSR count). The number of rotatable bonds is 5. The molecule has 2 aliphatic rings. The lowest BCUT2D eigenvalue weighted by atomic mass is 9.96. The van der Waals surface area contributed by atoms with E-state index in [0.29, 0.717) is 44.2 Å². The van der Waals surface area contributed by atoms with Crippen LogP contribution in [0.2, 0.25) is 0 Å². The second-order valence-corrected chi connectivity index (χ2v) is 8.72. The summed E-state index contributed by atoms with van der Waals surface area (Å²) in [6.45, 7) is 9.66. The van der Waals surface area contributed by atoms with Gasteiger partial charge in [0.15, 0.2) is 0 Å². The van der Waals surface area contributed by atoms with E-state index in [1.807, 2.05) is 4.90 Å². The molecule has 0 aliphatic carbocycles. The number of nitrogens with zero attached hydrogens (tertiary/aromatic N) is 3. The van der Waals surface area contributed by atoms with Gasteiger partial charge in [-0.1, -0.05) is 12.1 Å². The summed E-state index contributed by atoms with van der Waals surface area (Å²) >= 11 is 0. The van der Waals surface area contributed by atoms with Crippen LogP contribution in [-0.4, -0.2) is 51.3 Å². The SMILES string of the molecule is CCOC(=O)[C@@H]1CCCN(c2c(N3CCN(c4cccc(C)c4)[C@@H](C)C3)c(=O)c2=O)C1. The van der Waals surface area contributed by atoms with Gasteiger partial charge in [-0.25, -0.2) is 0 Å². The largest absolute Gasteiger partial charge is 0.466 e. The van der Waals surface area contributed by atoms with E-state index < -0.39 is 10.9 Å². The Balaban J connectivity index is 1.51. The quantitative estimate of drug-likeness (QED) is 0.537. The summed E-state index contributed by atoms with van der Waals surface area (Å²) in [5, 5.41) is 0. The molecule has 31 heavy (non-hydrogen) atoms. The Bertz CT molecular complexity index is 1030. The zero-order valence-corrected chi connectivity index (χ0v) is 18.6. The van der Waals surface area contributed by atoms with Crippen LogP contribution < -0.4 is 25.6 Å². The van der Waals surface area contributed by atoms with Crippen LogP contribution >= 0.6 is 0 Å². The number of esters is 1. The Kier molecular flexibility index (Phi) is 6.03. The molecule has 0 spiro atoms. The molecule has 2 fully saturated rings. The molecule has 2 aromatic carbocycles. The molecular formula is C24H31N3O4. The number of anilines is 3. The maximum Gasteiger partial charge on any atom is 0.310 e. The number of aryl methyl sites for hydroxylation is 1. The predicted octanol–water partition coefficient (Wildman–Crippen LogP) is 2.09. The topological polar surface area (TPSA) is 70.2 Å². The Morgan fingerprint density at radius 2 is 1.77 bits per heavy atom. The molecular weight excluding hydrogens is 394 g/mol. The van der Waals surface area contributed by atoms with Gasteiger partial charge >= 0.3 is 5.97 Å². The van der Waals surface area contributed by atoms with Crippen molar-refractivity contribution < 1.29 is 9.53 Å². The van der Waals surface area contributed by atoms with Gasteiger partial charge in [0.25, 0.3) is 10.9 Å². The highest BCUT2D eigenvalue weighted by atomic mass is 16.5. The first-order valence-corrected chi connectivity index (χ1v) is 11.2. The molecule has 0 aromatic heterocycles. The van der Waals surface area contributed by atoms with Gasteiger partial charge in [0.05, 0.1) is 12.5 Å². The Morgan fingerprint density at radius 1 is 1.06 bits per heavy atom. The van der Waals surface area contributed by atoms with E-state index in [4.69, 9.17) is 4.74 Å². The highest BCUT2D eigenvalue weighted by Gasteiger charge is 2.36. The lowest BCUT2D eigenvalue weighted by Crippen LogP contribution is -2.57. The number of carbonyl (C=O) groups excluding carboxylic acids is 1. The minimum atomic E-state index is -0.423. The molecule has 166 valence electrons. The molecule has 2 aromatic rings. The van der Waals surface area contributed by atoms with Gasteiger partial charge in [-0.3, -0.25) is 14.4 Å². The number of piperazine rings is 1. The fourth-order valence-corrected chi connectivity index (χ4v) is 4.94. The lowest BCUT2D eigenvalue weighted by Gasteiger charge is -2.44. The van der Waals surface area contributed by atoms with Crippen molar-refractivity contribution in [3.05, 3.63) is 50.3 Å². The average molecular weight is 426 g/mol. The minimum Gasteiger partial charge on any atom is -0.466 e. The van der Waals surface area contributed by atoms with Crippen LogP contribution in [0.1, 0.15) is 32.3 Å². The van der Waals surface area contributed by atoms with Gasteiger partial charge in [-0.2, -0.15) is 0 Å². The van der Waals surface area contributed by atoms with Gasteiger partial charge in [0.2, 0.25) is 0 Å². The van der Waals surface area contributed by atoms with E-state index >= 15 is 0 Å². The average Bonchev–Trinajstić information content (AvgIpc) is 2.76. The van der Waals surface area contributed by atoms with E-state index in [1.54, 1.807) is 6.92 Å². The van der Waals surface area contributed by atoms with Crippen LogP contribution in [0, 0.1) is 12.8 Å². The van der Waals surface area contributed by atoms with Crippen molar-refractivity contribution in [2.45, 2.75) is 39.7 Å². The van der Waals surface area contributed by atoms with Crippen LogP contribution in [0.4, 0.5) is 17.1 Å². The zero-order chi connectivity index (χ0) is 22.1. The summed E-state index contributed by atoms with van der Waals surface area (Å²) in [6.07, 6.45) is 1.56. The van der Waals surface area contributed by atoms with Crippen molar-refractivity contribution in [3.8, 4) is 0 Å². The fraction of sp³-hybridized carbons (Fsp3) is 0.542. The summed E-state index contributed by atoms with van der Waals surface area (Å²) in [6, 6.07) is 8.65. The first-order valence-electron chi connectivity index (χ1n) is 11.2. The molecule has 0 saturated carbocycles. The van der Waals surface area contributed by atoms with Crippen molar-refractivity contribution in [2.75, 3.05) is 54.0 Å². The Labute approximate surface area is 182 Å². The van der Waals surface area contributed by atoms with Crippen LogP contribution in [0.5, 0.6) is 0 Å². The van der Waals surface area contributed by atoms with E-state index in [-0.39, 0.29) is 17.9 Å². The number of hydrogen-bond acceptors (Lipinski definition) is 7. The van der Waals surface area contributed by atoms with Gasteiger partial charge < -0.3 is 19.4 Å². The molecule has 2 heterocycles. The minimum absolute atomic E-state index is 0.210. The predicted molar refractivity (Wildman–Crippen MR) is 123 cm³/mol. The highest BCUT2D eigenvalue weighted by molar-refractivity contribution is 5.79. The molecule has 0 N–H and O–H groups in total. The Morgan fingerprint density at radius 3 is 2.42 bits per heavy atom. The van der Waals surface area contributed by atoms with Crippen LogP contribution in [-0.2, 0) is 9.53 Å². The summed E-state index contributed by atoms with van der Waals surface area (Å²) < 4.78 is 5.18. The summed E-state index contributed by atoms with van der Waals surface area (Å²) in [7, 11) is 0. The third-order valence-corrected chi connectivity index (χ3v) is 6.50. The molecule has 0 radical (unpaired) electrons. The zero-order valence-electron chi connectivity index (χ0n) is 18.6. The standard InChI is InChI=1S/C24H31N3O4/c1-4-31-24(30)18-8-6-10-25(15-18)20-21(23(29)22(20)28)26-11-12-27(17(3)14-26)19-9-5-7-16(2)13-19/h5,7,9,13,17-18H,4,6,8,10-12,14-15H2,1-3H3/t17-,18+/m0/s1. The monoisotopic (exact) mass is 425 g/mol. The van der Waals surface area contributed by atoms with Crippen molar-refractivity contribution >= 4 is 23.0 Å². The van der Waals surface area contributed by atoms with Crippen molar-refractivity contribution in [2.24, 2.45) is 5.92 Å². The molecule has 2 atom stereocenters. The van der Waals surface area contributed by atoms with Gasteiger partial charge in [0, 0.05) is 44.5 Å². The van der Waals surface area contributed by atoms with Crippen molar-refractivity contribution in [3.63, 3.8) is 0 Å². The van der Waals surface area contributed by atoms with Crippen molar-refractivity contribution in [1.29, 1.82) is 0 Å². The smallest absolute Gasteiger partial charge is 0.310 e. The number of piperidine rings is 1. The van der Waals surface area contributed by atoms with Crippen LogP contribution in [0.15, 0.2) is 33.9 Å². The molecule has 7 nitrogen and oxygen atoms in total. The molecule has 2 aliphatic heterocycles. The van der Waals surface area contributed by atoms with E-state index in [2.05, 4.69) is 47.9 Å². The molecule has 7 heteroatoms. The summed E-state index contributed by atoms with van der Waals surface area (Å²) in [4.78, 5) is 43.6. The van der Waals surface area contributed by atoms with E-state index in [0.717, 1.165) is 19.4 Å². The third-order valence-electron chi connectivity index (χ3n) is 6.50. The van der Waals surface area contributed by atoms with Crippen LogP contribution in [0.25, 0.3) is 0 Å². The first kappa shape index (κ1) is 21.4. The molecule has 2 saturated heterocycles. The second kappa shape index (κ2) is 8.73. The molecule has 0 bridgehead atoms. The number of ether oxygens (including phenoxy) is 1. The van der Waals surface area contributed by atoms with Crippen LogP contribution in [0.3, 0.4) is 0 Å². The summed E-state index contributed by atoms with van der Waals surface area (Å²) in [5.41, 5.74) is 2.61. The fourth-order valence-electron chi connectivity index (χ4n) is 4.94. The number of hydrogen-bond donors (Lipinski definition) is 0. The summed E-state index contributed by atoms with van der Waals surface area (Å²) in [5.74, 6) is -0.462. The highest BCUT2D eigenvalue weighted by Crippen LogP contribution is 2.31. The van der Waals surface area contributed by atoms with E-state index in [9.17, 15) is 14.4 Å².